The first-order valence-corrected chi connectivity index (χ1v) is 10.6. The van der Waals surface area contributed by atoms with E-state index in [0.29, 0.717) is 18.6 Å². The van der Waals surface area contributed by atoms with Gasteiger partial charge in [-0.05, 0) is 49.2 Å². The van der Waals surface area contributed by atoms with Crippen LogP contribution >= 0.6 is 0 Å². The third-order valence-corrected chi connectivity index (χ3v) is 7.21. The number of nitrogens with zero attached hydrogens (tertiary/aromatic N) is 2. The average Bonchev–Trinajstić information content (AvgIpc) is 2.94. The SMILES string of the molecule is O=S(=O)(c1ccc(OC(F)(F)F)cc1)N1C2CCC1CC(Oc1cccnc1)C2. The van der Waals surface area contributed by atoms with Crippen LogP contribution in [-0.2, 0) is 10.0 Å². The number of piperidine rings is 1. The van der Waals surface area contributed by atoms with Crippen molar-refractivity contribution in [3.8, 4) is 11.5 Å². The molecule has 156 valence electrons. The summed E-state index contributed by atoms with van der Waals surface area (Å²) in [5.74, 6) is 0.191. The summed E-state index contributed by atoms with van der Waals surface area (Å²) in [4.78, 5) is 3.97. The van der Waals surface area contributed by atoms with Gasteiger partial charge < -0.3 is 9.47 Å². The maximum absolute atomic E-state index is 13.1. The predicted octanol–water partition coefficient (Wildman–Crippen LogP) is 3.74. The van der Waals surface area contributed by atoms with Gasteiger partial charge in [0.05, 0.1) is 11.1 Å². The van der Waals surface area contributed by atoms with E-state index in [9.17, 15) is 21.6 Å². The number of ether oxygens (including phenoxy) is 2. The summed E-state index contributed by atoms with van der Waals surface area (Å²) < 4.78 is 74.4. The van der Waals surface area contributed by atoms with Gasteiger partial charge in [0.25, 0.3) is 0 Å². The molecule has 1 aromatic carbocycles. The number of hydrogen-bond acceptors (Lipinski definition) is 5. The monoisotopic (exact) mass is 428 g/mol. The van der Waals surface area contributed by atoms with E-state index < -0.39 is 22.1 Å². The highest BCUT2D eigenvalue weighted by Gasteiger charge is 2.48. The first kappa shape index (κ1) is 20.0. The molecule has 2 aliphatic rings. The molecule has 2 saturated heterocycles. The van der Waals surface area contributed by atoms with Gasteiger partial charge in [0.2, 0.25) is 10.0 Å². The van der Waals surface area contributed by atoms with Gasteiger partial charge in [0, 0.05) is 31.1 Å². The summed E-state index contributed by atoms with van der Waals surface area (Å²) in [6.45, 7) is 0. The summed E-state index contributed by atoms with van der Waals surface area (Å²) >= 11 is 0. The lowest BCUT2D eigenvalue weighted by Gasteiger charge is -2.37. The number of benzene rings is 1. The molecule has 2 bridgehead atoms. The molecule has 6 nitrogen and oxygen atoms in total. The minimum Gasteiger partial charge on any atom is -0.489 e. The van der Waals surface area contributed by atoms with Crippen LogP contribution in [-0.4, -0.2) is 42.3 Å². The summed E-state index contributed by atoms with van der Waals surface area (Å²) in [7, 11) is -3.83. The minimum absolute atomic E-state index is 0.0458. The zero-order valence-electron chi connectivity index (χ0n) is 15.2. The van der Waals surface area contributed by atoms with E-state index in [2.05, 4.69) is 9.72 Å². The van der Waals surface area contributed by atoms with Crippen molar-refractivity contribution in [2.75, 3.05) is 0 Å². The first-order chi connectivity index (χ1) is 13.7. The Bertz CT molecular complexity index is 938. The van der Waals surface area contributed by atoms with Crippen LogP contribution in [0.4, 0.5) is 13.2 Å². The van der Waals surface area contributed by atoms with E-state index >= 15 is 0 Å². The molecule has 10 heteroatoms. The van der Waals surface area contributed by atoms with E-state index in [1.807, 2.05) is 6.07 Å². The van der Waals surface area contributed by atoms with Gasteiger partial charge in [-0.1, -0.05) is 0 Å². The number of alkyl halides is 3. The molecular weight excluding hydrogens is 409 g/mol. The number of rotatable bonds is 5. The Balaban J connectivity index is 1.48. The third kappa shape index (κ3) is 4.32. The quantitative estimate of drug-likeness (QED) is 0.726. The lowest BCUT2D eigenvalue weighted by atomic mass is 10.0. The van der Waals surface area contributed by atoms with Crippen LogP contribution in [0.25, 0.3) is 0 Å². The Morgan fingerprint density at radius 2 is 1.66 bits per heavy atom. The summed E-state index contributed by atoms with van der Waals surface area (Å²) in [6.07, 6.45) is 0.908. The van der Waals surface area contributed by atoms with Crippen molar-refractivity contribution in [2.45, 2.75) is 55.1 Å². The Hall–Kier alpha value is -2.33. The van der Waals surface area contributed by atoms with Crippen molar-refractivity contribution in [3.05, 3.63) is 48.8 Å². The molecule has 3 heterocycles. The number of fused-ring (bicyclic) bond motifs is 2. The first-order valence-electron chi connectivity index (χ1n) is 9.18. The topological polar surface area (TPSA) is 68.7 Å². The molecule has 0 amide bonds. The highest BCUT2D eigenvalue weighted by atomic mass is 32.2. The molecule has 0 radical (unpaired) electrons. The lowest BCUT2D eigenvalue weighted by molar-refractivity contribution is -0.274. The van der Waals surface area contributed by atoms with E-state index in [1.54, 1.807) is 18.5 Å². The van der Waals surface area contributed by atoms with Crippen molar-refractivity contribution < 1.29 is 31.1 Å². The number of aromatic nitrogens is 1. The second kappa shape index (κ2) is 7.49. The maximum Gasteiger partial charge on any atom is 0.573 e. The van der Waals surface area contributed by atoms with Gasteiger partial charge in [0.1, 0.15) is 17.6 Å². The molecule has 2 aliphatic heterocycles. The predicted molar refractivity (Wildman–Crippen MR) is 96.8 cm³/mol. The largest absolute Gasteiger partial charge is 0.573 e. The molecule has 2 unspecified atom stereocenters. The number of sulfonamides is 1. The van der Waals surface area contributed by atoms with Gasteiger partial charge in [-0.3, -0.25) is 4.98 Å². The molecule has 0 spiro atoms. The third-order valence-electron chi connectivity index (χ3n) is 5.19. The molecule has 2 fully saturated rings. The van der Waals surface area contributed by atoms with Gasteiger partial charge in [-0.25, -0.2) is 8.42 Å². The normalized spacial score (nSPS) is 25.0. The number of halogens is 3. The van der Waals surface area contributed by atoms with E-state index in [1.165, 1.54) is 4.31 Å². The van der Waals surface area contributed by atoms with Crippen molar-refractivity contribution in [1.29, 1.82) is 0 Å². The average molecular weight is 428 g/mol. The van der Waals surface area contributed by atoms with Crippen LogP contribution in [0.3, 0.4) is 0 Å². The van der Waals surface area contributed by atoms with Crippen LogP contribution < -0.4 is 9.47 Å². The Kier molecular flexibility index (Phi) is 5.16. The maximum atomic E-state index is 13.1. The number of hydrogen-bond donors (Lipinski definition) is 0. The van der Waals surface area contributed by atoms with Crippen LogP contribution in [0.2, 0.25) is 0 Å². The Labute approximate surface area is 166 Å². The van der Waals surface area contributed by atoms with E-state index in [0.717, 1.165) is 37.1 Å². The van der Waals surface area contributed by atoms with Crippen LogP contribution in [0.1, 0.15) is 25.7 Å². The van der Waals surface area contributed by atoms with Crippen molar-refractivity contribution in [1.82, 2.24) is 9.29 Å². The van der Waals surface area contributed by atoms with Crippen molar-refractivity contribution in [2.24, 2.45) is 0 Å². The fourth-order valence-corrected chi connectivity index (χ4v) is 6.01. The highest BCUT2D eigenvalue weighted by Crippen LogP contribution is 2.41. The zero-order valence-corrected chi connectivity index (χ0v) is 16.1. The zero-order chi connectivity index (χ0) is 20.6. The molecule has 2 atom stereocenters. The van der Waals surface area contributed by atoms with Crippen LogP contribution in [0, 0.1) is 0 Å². The highest BCUT2D eigenvalue weighted by molar-refractivity contribution is 7.89. The molecule has 0 saturated carbocycles. The molecule has 0 aliphatic carbocycles. The van der Waals surface area contributed by atoms with Gasteiger partial charge >= 0.3 is 6.36 Å². The smallest absolute Gasteiger partial charge is 0.489 e. The lowest BCUT2D eigenvalue weighted by Crippen LogP contribution is -2.49. The molecule has 2 aromatic rings. The second-order valence-electron chi connectivity index (χ2n) is 7.14. The standard InChI is InChI=1S/C19H19F3N2O4S/c20-19(21,22)28-15-5-7-18(8-6-15)29(25,26)24-13-3-4-14(24)11-17(10-13)27-16-2-1-9-23-12-16/h1-2,5-9,12-14,17H,3-4,10-11H2. The van der Waals surface area contributed by atoms with Gasteiger partial charge in [-0.15, -0.1) is 13.2 Å². The van der Waals surface area contributed by atoms with Crippen molar-refractivity contribution >= 4 is 10.0 Å². The minimum atomic E-state index is -4.82. The molecule has 29 heavy (non-hydrogen) atoms. The second-order valence-corrected chi connectivity index (χ2v) is 8.98. The van der Waals surface area contributed by atoms with Crippen molar-refractivity contribution in [3.63, 3.8) is 0 Å². The number of pyridine rings is 1. The fourth-order valence-electron chi connectivity index (χ4n) is 4.12. The Morgan fingerprint density at radius 3 is 2.21 bits per heavy atom. The summed E-state index contributed by atoms with van der Waals surface area (Å²) in [5, 5.41) is 0. The van der Waals surface area contributed by atoms with Crippen LogP contribution in [0.5, 0.6) is 11.5 Å². The summed E-state index contributed by atoms with van der Waals surface area (Å²) in [6, 6.07) is 7.50. The van der Waals surface area contributed by atoms with E-state index in [-0.39, 0.29) is 23.1 Å². The molecule has 0 N–H and O–H groups in total. The van der Waals surface area contributed by atoms with E-state index in [4.69, 9.17) is 4.74 Å². The molecular formula is C19H19F3N2O4S. The molecule has 1 aromatic heterocycles. The van der Waals surface area contributed by atoms with Gasteiger partial charge in [0.15, 0.2) is 0 Å². The Morgan fingerprint density at radius 1 is 1.00 bits per heavy atom. The molecule has 4 rings (SSSR count). The fraction of sp³-hybridized carbons (Fsp3) is 0.421. The summed E-state index contributed by atoms with van der Waals surface area (Å²) in [5.41, 5.74) is 0. The van der Waals surface area contributed by atoms with Crippen LogP contribution in [0.15, 0.2) is 53.7 Å². The van der Waals surface area contributed by atoms with Gasteiger partial charge in [-0.2, -0.15) is 4.31 Å².